The molecule has 0 spiro atoms. The van der Waals surface area contributed by atoms with E-state index in [9.17, 15) is 18.0 Å². The first-order valence-electron chi connectivity index (χ1n) is 6.54. The number of ether oxygens (including phenoxy) is 1. The number of hydrogen-bond acceptors (Lipinski definition) is 4. The highest BCUT2D eigenvalue weighted by Crippen LogP contribution is 2.29. The van der Waals surface area contributed by atoms with Crippen LogP contribution >= 0.6 is 0 Å². The third kappa shape index (κ3) is 4.71. The predicted molar refractivity (Wildman–Crippen MR) is 74.5 cm³/mol. The van der Waals surface area contributed by atoms with E-state index in [1.54, 1.807) is 13.2 Å². The molecule has 0 fully saturated rings. The van der Waals surface area contributed by atoms with Gasteiger partial charge < -0.3 is 14.6 Å². The van der Waals surface area contributed by atoms with Crippen molar-refractivity contribution in [3.8, 4) is 0 Å². The third-order valence-corrected chi connectivity index (χ3v) is 2.89. The van der Waals surface area contributed by atoms with Gasteiger partial charge in [0.05, 0.1) is 6.61 Å². The number of halogens is 3. The third-order valence-electron chi connectivity index (χ3n) is 2.89. The van der Waals surface area contributed by atoms with Gasteiger partial charge in [-0.05, 0) is 11.1 Å². The Morgan fingerprint density at radius 3 is 2.61 bits per heavy atom. The molecule has 0 aliphatic heterocycles. The normalized spacial score (nSPS) is 11.3. The monoisotopic (exact) mass is 329 g/mol. The van der Waals surface area contributed by atoms with Gasteiger partial charge in [0.2, 0.25) is 5.88 Å². The van der Waals surface area contributed by atoms with Crippen LogP contribution in [0.4, 0.5) is 23.8 Å². The van der Waals surface area contributed by atoms with E-state index in [-0.39, 0.29) is 12.4 Å². The SMILES string of the molecule is COCc1ccccc1CNC(=O)Nc1cc(C(F)(F)F)no1. The highest BCUT2D eigenvalue weighted by molar-refractivity contribution is 5.87. The lowest BCUT2D eigenvalue weighted by molar-refractivity contribution is -0.142. The van der Waals surface area contributed by atoms with Crippen molar-refractivity contribution in [2.75, 3.05) is 12.4 Å². The van der Waals surface area contributed by atoms with Crippen LogP contribution in [0.3, 0.4) is 0 Å². The molecule has 1 aromatic heterocycles. The van der Waals surface area contributed by atoms with E-state index in [1.165, 1.54) is 0 Å². The van der Waals surface area contributed by atoms with Gasteiger partial charge in [0.25, 0.3) is 0 Å². The largest absolute Gasteiger partial charge is 0.436 e. The molecule has 2 amide bonds. The van der Waals surface area contributed by atoms with Crippen LogP contribution in [0.15, 0.2) is 34.9 Å². The Labute approximate surface area is 129 Å². The van der Waals surface area contributed by atoms with Crippen molar-refractivity contribution < 1.29 is 27.2 Å². The number of rotatable bonds is 5. The van der Waals surface area contributed by atoms with Crippen molar-refractivity contribution >= 4 is 11.9 Å². The Kier molecular flexibility index (Phi) is 5.22. The van der Waals surface area contributed by atoms with Crippen LogP contribution in [-0.4, -0.2) is 18.3 Å². The number of methoxy groups -OCH3 is 1. The predicted octanol–water partition coefficient (Wildman–Crippen LogP) is 3.16. The standard InChI is InChI=1S/C14H14F3N3O3/c1-22-8-10-5-3-2-4-9(10)7-18-13(21)19-12-6-11(20-23-12)14(15,16)17/h2-6H,7-8H2,1H3,(H2,18,19,21). The second kappa shape index (κ2) is 7.14. The fraction of sp³-hybridized carbons (Fsp3) is 0.286. The Morgan fingerprint density at radius 1 is 1.30 bits per heavy atom. The van der Waals surface area contributed by atoms with Gasteiger partial charge in [-0.25, -0.2) is 4.79 Å². The molecule has 0 aliphatic rings. The molecule has 2 aromatic rings. The maximum atomic E-state index is 12.4. The molecule has 2 rings (SSSR count). The van der Waals surface area contributed by atoms with Crippen LogP contribution in [0.5, 0.6) is 0 Å². The van der Waals surface area contributed by atoms with Gasteiger partial charge in [0, 0.05) is 19.7 Å². The van der Waals surface area contributed by atoms with Crippen molar-refractivity contribution in [2.45, 2.75) is 19.3 Å². The molecule has 0 unspecified atom stereocenters. The van der Waals surface area contributed by atoms with Crippen LogP contribution in [0.1, 0.15) is 16.8 Å². The van der Waals surface area contributed by atoms with Gasteiger partial charge in [0.1, 0.15) is 0 Å². The van der Waals surface area contributed by atoms with E-state index in [1.807, 2.05) is 18.2 Å². The van der Waals surface area contributed by atoms with E-state index >= 15 is 0 Å². The summed E-state index contributed by atoms with van der Waals surface area (Å²) < 4.78 is 46.5. The summed E-state index contributed by atoms with van der Waals surface area (Å²) in [5.41, 5.74) is 0.519. The molecule has 0 radical (unpaired) electrons. The van der Waals surface area contributed by atoms with Crippen molar-refractivity contribution in [3.05, 3.63) is 47.2 Å². The zero-order chi connectivity index (χ0) is 16.9. The number of anilines is 1. The Hall–Kier alpha value is -2.55. The van der Waals surface area contributed by atoms with Gasteiger partial charge in [-0.3, -0.25) is 5.32 Å². The fourth-order valence-electron chi connectivity index (χ4n) is 1.83. The van der Waals surface area contributed by atoms with Crippen LogP contribution in [0, 0.1) is 0 Å². The number of nitrogens with one attached hydrogen (secondary N) is 2. The first-order valence-corrected chi connectivity index (χ1v) is 6.54. The summed E-state index contributed by atoms with van der Waals surface area (Å²) in [5, 5.41) is 7.50. The number of amides is 2. The molecule has 0 aliphatic carbocycles. The molecule has 23 heavy (non-hydrogen) atoms. The van der Waals surface area contributed by atoms with Crippen molar-refractivity contribution in [2.24, 2.45) is 0 Å². The van der Waals surface area contributed by atoms with Gasteiger partial charge in [0.15, 0.2) is 5.69 Å². The zero-order valence-corrected chi connectivity index (χ0v) is 12.1. The number of aromatic nitrogens is 1. The summed E-state index contributed by atoms with van der Waals surface area (Å²) in [4.78, 5) is 11.7. The molecule has 2 N–H and O–H groups in total. The summed E-state index contributed by atoms with van der Waals surface area (Å²) in [6.45, 7) is 0.572. The molecule has 124 valence electrons. The molecule has 1 aromatic carbocycles. The maximum Gasteiger partial charge on any atom is 0.436 e. The lowest BCUT2D eigenvalue weighted by Crippen LogP contribution is -2.28. The number of alkyl halides is 3. The van der Waals surface area contributed by atoms with E-state index in [4.69, 9.17) is 4.74 Å². The second-order valence-electron chi connectivity index (χ2n) is 4.58. The van der Waals surface area contributed by atoms with Crippen molar-refractivity contribution in [1.29, 1.82) is 0 Å². The summed E-state index contributed by atoms with van der Waals surface area (Å²) in [6.07, 6.45) is -4.63. The molecule has 6 nitrogen and oxygen atoms in total. The lowest BCUT2D eigenvalue weighted by Gasteiger charge is -2.10. The second-order valence-corrected chi connectivity index (χ2v) is 4.58. The average molecular weight is 329 g/mol. The number of nitrogens with zero attached hydrogens (tertiary/aromatic N) is 1. The summed E-state index contributed by atoms with van der Waals surface area (Å²) in [7, 11) is 1.55. The maximum absolute atomic E-state index is 12.4. The number of benzene rings is 1. The Balaban J connectivity index is 1.92. The topological polar surface area (TPSA) is 76.4 Å². The first kappa shape index (κ1) is 16.8. The van der Waals surface area contributed by atoms with Gasteiger partial charge >= 0.3 is 12.2 Å². The lowest BCUT2D eigenvalue weighted by atomic mass is 10.1. The number of carbonyl (C=O) groups excluding carboxylic acids is 1. The average Bonchev–Trinajstić information content (AvgIpc) is 2.95. The smallest absolute Gasteiger partial charge is 0.380 e. The number of carbonyl (C=O) groups is 1. The minimum Gasteiger partial charge on any atom is -0.380 e. The van der Waals surface area contributed by atoms with E-state index in [0.29, 0.717) is 12.7 Å². The molecule has 1 heterocycles. The summed E-state index contributed by atoms with van der Waals surface area (Å²) >= 11 is 0. The van der Waals surface area contributed by atoms with E-state index in [0.717, 1.165) is 11.1 Å². The minimum absolute atomic E-state index is 0.186. The van der Waals surface area contributed by atoms with Crippen LogP contribution in [0.2, 0.25) is 0 Å². The van der Waals surface area contributed by atoms with Crippen molar-refractivity contribution in [1.82, 2.24) is 10.5 Å². The fourth-order valence-corrected chi connectivity index (χ4v) is 1.83. The van der Waals surface area contributed by atoms with Crippen LogP contribution in [0.25, 0.3) is 0 Å². The molecule has 0 saturated heterocycles. The van der Waals surface area contributed by atoms with Crippen molar-refractivity contribution in [3.63, 3.8) is 0 Å². The van der Waals surface area contributed by atoms with Crippen LogP contribution < -0.4 is 10.6 Å². The van der Waals surface area contributed by atoms with Gasteiger partial charge in [-0.15, -0.1) is 0 Å². The first-order chi connectivity index (χ1) is 10.9. The summed E-state index contributed by atoms with van der Waals surface area (Å²) in [5.74, 6) is -0.389. The zero-order valence-electron chi connectivity index (χ0n) is 12.1. The highest BCUT2D eigenvalue weighted by atomic mass is 19.4. The highest BCUT2D eigenvalue weighted by Gasteiger charge is 2.35. The van der Waals surface area contributed by atoms with Gasteiger partial charge in [-0.1, -0.05) is 29.4 Å². The molecule has 0 atom stereocenters. The Morgan fingerprint density at radius 2 is 2.00 bits per heavy atom. The summed E-state index contributed by atoms with van der Waals surface area (Å²) in [6, 6.07) is 7.21. The molecule has 9 heteroatoms. The molecular formula is C14H14F3N3O3. The van der Waals surface area contributed by atoms with Crippen LogP contribution in [-0.2, 0) is 24.1 Å². The van der Waals surface area contributed by atoms with E-state index < -0.39 is 17.9 Å². The number of hydrogen-bond donors (Lipinski definition) is 2. The quantitative estimate of drug-likeness (QED) is 0.883. The van der Waals surface area contributed by atoms with E-state index in [2.05, 4.69) is 20.3 Å². The molecular weight excluding hydrogens is 315 g/mol. The van der Waals surface area contributed by atoms with Gasteiger partial charge in [-0.2, -0.15) is 13.2 Å². The number of urea groups is 1. The molecule has 0 bridgehead atoms. The minimum atomic E-state index is -4.63. The Bertz CT molecular complexity index is 671. The molecule has 0 saturated carbocycles.